The highest BCUT2D eigenvalue weighted by atomic mass is 17.2. The minimum atomic E-state index is -0.703. The van der Waals surface area contributed by atoms with E-state index in [-0.39, 0.29) is 43.4 Å². The number of unbranched alkanes of at least 4 members (excludes halogenated alkanes) is 4. The van der Waals surface area contributed by atoms with Crippen LogP contribution in [-0.2, 0) is 25.8 Å². The lowest BCUT2D eigenvalue weighted by Gasteiger charge is -2.29. The molecule has 3 amide bonds. The standard InChI is InChI=1S/C21H26N2O6/c1-2-3-4-5-6-10-19(25)29-28-17-9-7-8-14-15(17)13-23(21(14)27)16-11-12-18(24)22-20(16)26/h7-9,16H,2-6,10-13H2,1H3,(H,22,24,26). The zero-order valence-electron chi connectivity index (χ0n) is 16.6. The maximum Gasteiger partial charge on any atom is 0.355 e. The molecule has 3 rings (SSSR count). The molecule has 0 aromatic heterocycles. The number of imide groups is 1. The Bertz CT molecular complexity index is 806. The minimum Gasteiger partial charge on any atom is -0.322 e. The molecule has 0 radical (unpaired) electrons. The number of carbonyl (C=O) groups is 4. The van der Waals surface area contributed by atoms with Crippen LogP contribution in [-0.4, -0.2) is 34.6 Å². The summed E-state index contributed by atoms with van der Waals surface area (Å²) in [7, 11) is 0. The summed E-state index contributed by atoms with van der Waals surface area (Å²) in [4.78, 5) is 59.7. The highest BCUT2D eigenvalue weighted by Gasteiger charge is 2.40. The van der Waals surface area contributed by atoms with E-state index in [0.717, 1.165) is 32.1 Å². The number of nitrogens with zero attached hydrogens (tertiary/aromatic N) is 1. The molecule has 1 atom stereocenters. The Morgan fingerprint density at radius 2 is 1.97 bits per heavy atom. The summed E-state index contributed by atoms with van der Waals surface area (Å²) in [6, 6.07) is 4.20. The lowest BCUT2D eigenvalue weighted by Crippen LogP contribution is -2.52. The molecule has 1 fully saturated rings. The van der Waals surface area contributed by atoms with Crippen LogP contribution in [0.1, 0.15) is 74.2 Å². The molecule has 0 spiro atoms. The van der Waals surface area contributed by atoms with E-state index in [9.17, 15) is 19.2 Å². The molecular weight excluding hydrogens is 376 g/mol. The van der Waals surface area contributed by atoms with E-state index in [2.05, 4.69) is 12.2 Å². The van der Waals surface area contributed by atoms with E-state index in [0.29, 0.717) is 11.1 Å². The Balaban J connectivity index is 1.58. The Kier molecular flexibility index (Phi) is 6.85. The average Bonchev–Trinajstić information content (AvgIpc) is 3.03. The number of amides is 3. The van der Waals surface area contributed by atoms with Crippen molar-refractivity contribution < 1.29 is 29.0 Å². The SMILES string of the molecule is CCCCCCCC(=O)OOc1cccc2c1CN(C1CCC(=O)NC1=O)C2=O. The van der Waals surface area contributed by atoms with Gasteiger partial charge in [0.05, 0.1) is 13.0 Å². The van der Waals surface area contributed by atoms with Gasteiger partial charge < -0.3 is 4.90 Å². The molecule has 2 heterocycles. The fraction of sp³-hybridized carbons (Fsp3) is 0.524. The highest BCUT2D eigenvalue weighted by Crippen LogP contribution is 2.33. The molecule has 1 aromatic carbocycles. The second-order valence-electron chi connectivity index (χ2n) is 7.39. The molecule has 156 valence electrons. The Morgan fingerprint density at radius 1 is 1.17 bits per heavy atom. The summed E-state index contributed by atoms with van der Waals surface area (Å²) in [5.41, 5.74) is 0.973. The van der Waals surface area contributed by atoms with Gasteiger partial charge in [-0.3, -0.25) is 29.5 Å². The lowest BCUT2D eigenvalue weighted by atomic mass is 10.0. The van der Waals surface area contributed by atoms with Crippen molar-refractivity contribution in [2.45, 2.75) is 70.9 Å². The van der Waals surface area contributed by atoms with Crippen molar-refractivity contribution in [3.05, 3.63) is 29.3 Å². The van der Waals surface area contributed by atoms with Crippen LogP contribution >= 0.6 is 0 Å². The van der Waals surface area contributed by atoms with Crippen molar-refractivity contribution in [1.82, 2.24) is 10.2 Å². The summed E-state index contributed by atoms with van der Waals surface area (Å²) in [6.07, 6.45) is 5.86. The summed E-state index contributed by atoms with van der Waals surface area (Å²) < 4.78 is 0. The molecule has 1 N–H and O–H groups in total. The zero-order chi connectivity index (χ0) is 20.8. The van der Waals surface area contributed by atoms with Gasteiger partial charge in [0.15, 0.2) is 5.75 Å². The molecule has 0 bridgehead atoms. The van der Waals surface area contributed by atoms with Gasteiger partial charge in [-0.2, -0.15) is 0 Å². The van der Waals surface area contributed by atoms with Crippen LogP contribution in [0.3, 0.4) is 0 Å². The van der Waals surface area contributed by atoms with Crippen LogP contribution in [0.5, 0.6) is 5.75 Å². The van der Waals surface area contributed by atoms with Crippen molar-refractivity contribution in [3.8, 4) is 5.75 Å². The topological polar surface area (TPSA) is 102 Å². The first-order chi connectivity index (χ1) is 14.0. The van der Waals surface area contributed by atoms with E-state index < -0.39 is 17.9 Å². The largest absolute Gasteiger partial charge is 0.355 e. The molecule has 8 nitrogen and oxygen atoms in total. The molecule has 1 aromatic rings. The number of fused-ring (bicyclic) bond motifs is 1. The normalized spacial score (nSPS) is 18.4. The third kappa shape index (κ3) is 4.93. The first-order valence-corrected chi connectivity index (χ1v) is 10.1. The van der Waals surface area contributed by atoms with Crippen molar-refractivity contribution >= 4 is 23.7 Å². The van der Waals surface area contributed by atoms with Crippen molar-refractivity contribution in [2.75, 3.05) is 0 Å². The second-order valence-corrected chi connectivity index (χ2v) is 7.39. The minimum absolute atomic E-state index is 0.158. The summed E-state index contributed by atoms with van der Waals surface area (Å²) in [5, 5.41) is 2.27. The van der Waals surface area contributed by atoms with Gasteiger partial charge in [0.25, 0.3) is 5.91 Å². The summed E-state index contributed by atoms with van der Waals surface area (Å²) in [6.45, 7) is 2.29. The molecule has 0 saturated carbocycles. The van der Waals surface area contributed by atoms with Gasteiger partial charge in [-0.1, -0.05) is 38.7 Å². The van der Waals surface area contributed by atoms with Crippen LogP contribution in [0.15, 0.2) is 18.2 Å². The molecule has 29 heavy (non-hydrogen) atoms. The van der Waals surface area contributed by atoms with Gasteiger partial charge in [0.2, 0.25) is 11.8 Å². The number of piperidine rings is 1. The van der Waals surface area contributed by atoms with Gasteiger partial charge in [-0.25, -0.2) is 4.79 Å². The van der Waals surface area contributed by atoms with E-state index in [4.69, 9.17) is 9.78 Å². The van der Waals surface area contributed by atoms with Gasteiger partial charge >= 0.3 is 5.97 Å². The number of carbonyl (C=O) groups excluding carboxylic acids is 4. The van der Waals surface area contributed by atoms with Crippen molar-refractivity contribution in [1.29, 1.82) is 0 Å². The van der Waals surface area contributed by atoms with Crippen LogP contribution < -0.4 is 10.2 Å². The lowest BCUT2D eigenvalue weighted by molar-refractivity contribution is -0.214. The van der Waals surface area contributed by atoms with Crippen molar-refractivity contribution in [2.24, 2.45) is 0 Å². The maximum atomic E-state index is 12.7. The smallest absolute Gasteiger partial charge is 0.322 e. The van der Waals surface area contributed by atoms with Crippen LogP contribution in [0.4, 0.5) is 0 Å². The van der Waals surface area contributed by atoms with Crippen LogP contribution in [0.2, 0.25) is 0 Å². The Morgan fingerprint density at radius 3 is 2.72 bits per heavy atom. The molecule has 2 aliphatic rings. The van der Waals surface area contributed by atoms with Crippen LogP contribution in [0, 0.1) is 0 Å². The molecule has 1 unspecified atom stereocenters. The molecule has 8 heteroatoms. The van der Waals surface area contributed by atoms with Crippen molar-refractivity contribution in [3.63, 3.8) is 0 Å². The first kappa shape index (κ1) is 20.8. The average molecular weight is 402 g/mol. The van der Waals surface area contributed by atoms with E-state index in [1.54, 1.807) is 18.2 Å². The number of benzene rings is 1. The maximum absolute atomic E-state index is 12.7. The Hall–Kier alpha value is -2.90. The molecule has 2 aliphatic heterocycles. The second kappa shape index (κ2) is 9.54. The van der Waals surface area contributed by atoms with Crippen LogP contribution in [0.25, 0.3) is 0 Å². The number of hydrogen-bond donors (Lipinski definition) is 1. The van der Waals surface area contributed by atoms with Gasteiger partial charge in [-0.05, 0) is 25.0 Å². The van der Waals surface area contributed by atoms with E-state index in [1.165, 1.54) is 4.90 Å². The third-order valence-electron chi connectivity index (χ3n) is 5.25. The first-order valence-electron chi connectivity index (χ1n) is 10.1. The molecule has 1 saturated heterocycles. The summed E-state index contributed by atoms with van der Waals surface area (Å²) >= 11 is 0. The Labute approximate surface area is 169 Å². The third-order valence-corrected chi connectivity index (χ3v) is 5.25. The number of nitrogens with one attached hydrogen (secondary N) is 1. The van der Waals surface area contributed by atoms with E-state index >= 15 is 0 Å². The number of hydrogen-bond acceptors (Lipinski definition) is 6. The monoisotopic (exact) mass is 402 g/mol. The summed E-state index contributed by atoms with van der Waals surface area (Å²) in [5.74, 6) is -1.28. The van der Waals surface area contributed by atoms with E-state index in [1.807, 2.05) is 0 Å². The predicted molar refractivity (Wildman–Crippen MR) is 103 cm³/mol. The molecular formula is C21H26N2O6. The quantitative estimate of drug-likeness (QED) is 0.295. The fourth-order valence-electron chi connectivity index (χ4n) is 3.64. The fourth-order valence-corrected chi connectivity index (χ4v) is 3.64. The van der Waals surface area contributed by atoms with Gasteiger partial charge in [-0.15, -0.1) is 0 Å². The van der Waals surface area contributed by atoms with Gasteiger partial charge in [0.1, 0.15) is 6.04 Å². The molecule has 0 aliphatic carbocycles. The highest BCUT2D eigenvalue weighted by molar-refractivity contribution is 6.05. The van der Waals surface area contributed by atoms with Gasteiger partial charge in [0, 0.05) is 17.5 Å². The predicted octanol–water partition coefficient (Wildman–Crippen LogP) is 2.65. The number of rotatable bonds is 9. The zero-order valence-corrected chi connectivity index (χ0v) is 16.6.